The SMILES string of the molecule is CCNC(=NCc1ccc(C)cc1OC)NCCN1CCCCC1.I. The number of methoxy groups -OCH3 is 1. The number of ether oxygens (including phenoxy) is 1. The third-order valence-electron chi connectivity index (χ3n) is 4.36. The van der Waals surface area contributed by atoms with E-state index in [0.717, 1.165) is 36.9 Å². The first-order valence-corrected chi connectivity index (χ1v) is 9.11. The van der Waals surface area contributed by atoms with Gasteiger partial charge in [-0.1, -0.05) is 18.6 Å². The number of guanidine groups is 1. The van der Waals surface area contributed by atoms with Gasteiger partial charge in [0.15, 0.2) is 5.96 Å². The van der Waals surface area contributed by atoms with E-state index in [9.17, 15) is 0 Å². The van der Waals surface area contributed by atoms with E-state index in [4.69, 9.17) is 9.73 Å². The highest BCUT2D eigenvalue weighted by Gasteiger charge is 2.09. The summed E-state index contributed by atoms with van der Waals surface area (Å²) < 4.78 is 5.46. The fourth-order valence-corrected chi connectivity index (χ4v) is 3.00. The molecule has 1 saturated heterocycles. The van der Waals surface area contributed by atoms with Crippen molar-refractivity contribution in [1.29, 1.82) is 0 Å². The molecular formula is C19H33IN4O. The molecule has 142 valence electrons. The summed E-state index contributed by atoms with van der Waals surface area (Å²) in [5.74, 6) is 1.78. The standard InChI is InChI=1S/C19H32N4O.HI/c1-4-20-19(21-10-13-23-11-6-5-7-12-23)22-15-17-9-8-16(2)14-18(17)24-3;/h8-9,14H,4-7,10-13,15H2,1-3H3,(H2,20,21,22);1H. The van der Waals surface area contributed by atoms with Crippen LogP contribution in [0.25, 0.3) is 0 Å². The second kappa shape index (κ2) is 12.4. The molecule has 0 aliphatic carbocycles. The Labute approximate surface area is 169 Å². The largest absolute Gasteiger partial charge is 0.496 e. The number of nitrogens with zero attached hydrogens (tertiary/aromatic N) is 2. The maximum Gasteiger partial charge on any atom is 0.191 e. The van der Waals surface area contributed by atoms with Gasteiger partial charge in [0, 0.05) is 25.2 Å². The molecule has 0 radical (unpaired) electrons. The van der Waals surface area contributed by atoms with Crippen LogP contribution in [0.4, 0.5) is 0 Å². The molecule has 0 bridgehead atoms. The minimum Gasteiger partial charge on any atom is -0.496 e. The van der Waals surface area contributed by atoms with Crippen LogP contribution in [-0.4, -0.2) is 50.7 Å². The zero-order valence-corrected chi connectivity index (χ0v) is 18.1. The van der Waals surface area contributed by atoms with E-state index in [1.807, 2.05) is 0 Å². The van der Waals surface area contributed by atoms with Gasteiger partial charge in [0.05, 0.1) is 13.7 Å². The second-order valence-corrected chi connectivity index (χ2v) is 6.34. The number of hydrogen-bond donors (Lipinski definition) is 2. The van der Waals surface area contributed by atoms with Gasteiger partial charge in [-0.3, -0.25) is 0 Å². The van der Waals surface area contributed by atoms with Crippen molar-refractivity contribution in [2.45, 2.75) is 39.7 Å². The monoisotopic (exact) mass is 460 g/mol. The van der Waals surface area contributed by atoms with E-state index in [2.05, 4.69) is 47.6 Å². The zero-order chi connectivity index (χ0) is 17.2. The summed E-state index contributed by atoms with van der Waals surface area (Å²) in [5.41, 5.74) is 2.31. The van der Waals surface area contributed by atoms with E-state index in [1.165, 1.54) is 37.9 Å². The minimum absolute atomic E-state index is 0. The number of rotatable bonds is 7. The highest BCUT2D eigenvalue weighted by molar-refractivity contribution is 14.0. The Balaban J connectivity index is 0.00000312. The summed E-state index contributed by atoms with van der Waals surface area (Å²) in [5, 5.41) is 6.76. The van der Waals surface area contributed by atoms with E-state index in [1.54, 1.807) is 7.11 Å². The molecule has 25 heavy (non-hydrogen) atoms. The van der Waals surface area contributed by atoms with Gasteiger partial charge in [0.25, 0.3) is 0 Å². The number of piperidine rings is 1. The summed E-state index contributed by atoms with van der Waals surface area (Å²) in [6.45, 7) is 10.1. The first-order valence-electron chi connectivity index (χ1n) is 9.11. The van der Waals surface area contributed by atoms with Gasteiger partial charge in [0.2, 0.25) is 0 Å². The summed E-state index contributed by atoms with van der Waals surface area (Å²) in [7, 11) is 1.71. The van der Waals surface area contributed by atoms with Crippen LogP contribution >= 0.6 is 24.0 Å². The van der Waals surface area contributed by atoms with Gasteiger partial charge in [0.1, 0.15) is 5.75 Å². The lowest BCUT2D eigenvalue weighted by molar-refractivity contribution is 0.232. The molecule has 0 spiro atoms. The molecule has 1 aromatic carbocycles. The first-order chi connectivity index (χ1) is 11.7. The van der Waals surface area contributed by atoms with E-state index >= 15 is 0 Å². The van der Waals surface area contributed by atoms with Crippen molar-refractivity contribution in [2.75, 3.05) is 39.8 Å². The molecule has 0 atom stereocenters. The number of nitrogens with one attached hydrogen (secondary N) is 2. The second-order valence-electron chi connectivity index (χ2n) is 6.34. The molecule has 5 nitrogen and oxygen atoms in total. The van der Waals surface area contributed by atoms with Crippen LogP contribution < -0.4 is 15.4 Å². The van der Waals surface area contributed by atoms with Crippen LogP contribution in [0, 0.1) is 6.92 Å². The van der Waals surface area contributed by atoms with Crippen molar-refractivity contribution in [1.82, 2.24) is 15.5 Å². The Morgan fingerprint density at radius 3 is 2.64 bits per heavy atom. The lowest BCUT2D eigenvalue weighted by Gasteiger charge is -2.26. The Hall–Kier alpha value is -1.02. The van der Waals surface area contributed by atoms with Crippen molar-refractivity contribution >= 4 is 29.9 Å². The number of aryl methyl sites for hydroxylation is 1. The molecule has 1 aromatic rings. The molecule has 1 heterocycles. The maximum atomic E-state index is 5.46. The summed E-state index contributed by atoms with van der Waals surface area (Å²) in [6.07, 6.45) is 4.05. The summed E-state index contributed by atoms with van der Waals surface area (Å²) in [6, 6.07) is 6.25. The summed E-state index contributed by atoms with van der Waals surface area (Å²) >= 11 is 0. The Morgan fingerprint density at radius 1 is 1.20 bits per heavy atom. The molecule has 0 amide bonds. The molecule has 1 aliphatic rings. The Bertz CT molecular complexity index is 530. The van der Waals surface area contributed by atoms with Crippen molar-refractivity contribution in [3.63, 3.8) is 0 Å². The third-order valence-corrected chi connectivity index (χ3v) is 4.36. The van der Waals surface area contributed by atoms with Crippen molar-refractivity contribution in [3.8, 4) is 5.75 Å². The number of aliphatic imine (C=N–C) groups is 1. The van der Waals surface area contributed by atoms with Crippen LogP contribution in [0.5, 0.6) is 5.75 Å². The van der Waals surface area contributed by atoms with Gasteiger partial charge in [-0.25, -0.2) is 4.99 Å². The topological polar surface area (TPSA) is 48.9 Å². The maximum absolute atomic E-state index is 5.46. The molecule has 6 heteroatoms. The van der Waals surface area contributed by atoms with Gasteiger partial charge < -0.3 is 20.3 Å². The Kier molecular flexibility index (Phi) is 10.9. The van der Waals surface area contributed by atoms with Crippen molar-refractivity contribution in [2.24, 2.45) is 4.99 Å². The molecule has 0 saturated carbocycles. The predicted molar refractivity (Wildman–Crippen MR) is 116 cm³/mol. The number of hydrogen-bond acceptors (Lipinski definition) is 3. The van der Waals surface area contributed by atoms with Crippen LogP contribution in [0.2, 0.25) is 0 Å². The molecule has 0 aromatic heterocycles. The lowest BCUT2D eigenvalue weighted by atomic mass is 10.1. The molecule has 1 fully saturated rings. The van der Waals surface area contributed by atoms with Crippen LogP contribution in [0.3, 0.4) is 0 Å². The van der Waals surface area contributed by atoms with Gasteiger partial charge in [-0.15, -0.1) is 24.0 Å². The lowest BCUT2D eigenvalue weighted by Crippen LogP contribution is -2.42. The van der Waals surface area contributed by atoms with Crippen molar-refractivity contribution in [3.05, 3.63) is 29.3 Å². The highest BCUT2D eigenvalue weighted by Crippen LogP contribution is 2.20. The highest BCUT2D eigenvalue weighted by atomic mass is 127. The van der Waals surface area contributed by atoms with E-state index in [-0.39, 0.29) is 24.0 Å². The molecule has 2 N–H and O–H groups in total. The van der Waals surface area contributed by atoms with E-state index in [0.29, 0.717) is 6.54 Å². The summed E-state index contributed by atoms with van der Waals surface area (Å²) in [4.78, 5) is 7.23. The minimum atomic E-state index is 0. The third kappa shape index (κ3) is 7.81. The average molecular weight is 460 g/mol. The van der Waals surface area contributed by atoms with Crippen LogP contribution in [-0.2, 0) is 6.54 Å². The normalized spacial score (nSPS) is 15.4. The number of benzene rings is 1. The Morgan fingerprint density at radius 2 is 1.96 bits per heavy atom. The predicted octanol–water partition coefficient (Wildman–Crippen LogP) is 3.16. The number of likely N-dealkylation sites (tertiary alicyclic amines) is 1. The van der Waals surface area contributed by atoms with Crippen molar-refractivity contribution < 1.29 is 4.74 Å². The average Bonchev–Trinajstić information content (AvgIpc) is 2.61. The fourth-order valence-electron chi connectivity index (χ4n) is 3.00. The van der Waals surface area contributed by atoms with Crippen LogP contribution in [0.15, 0.2) is 23.2 Å². The fraction of sp³-hybridized carbons (Fsp3) is 0.632. The molecule has 0 unspecified atom stereocenters. The smallest absolute Gasteiger partial charge is 0.191 e. The molecule has 2 rings (SSSR count). The molecular weight excluding hydrogens is 427 g/mol. The number of halogens is 1. The van der Waals surface area contributed by atoms with Gasteiger partial charge in [-0.05, 0) is 51.4 Å². The quantitative estimate of drug-likeness (QED) is 0.373. The first kappa shape index (κ1) is 22.0. The van der Waals surface area contributed by atoms with Gasteiger partial charge >= 0.3 is 0 Å². The van der Waals surface area contributed by atoms with Crippen LogP contribution in [0.1, 0.15) is 37.3 Å². The van der Waals surface area contributed by atoms with Gasteiger partial charge in [-0.2, -0.15) is 0 Å². The van der Waals surface area contributed by atoms with E-state index < -0.39 is 0 Å². The zero-order valence-electron chi connectivity index (χ0n) is 15.8. The molecule has 1 aliphatic heterocycles.